The van der Waals surface area contributed by atoms with E-state index in [0.717, 1.165) is 38.5 Å². The van der Waals surface area contributed by atoms with Crippen LogP contribution < -0.4 is 0 Å². The van der Waals surface area contributed by atoms with Crippen molar-refractivity contribution in [1.29, 1.82) is 0 Å². The van der Waals surface area contributed by atoms with Crippen molar-refractivity contribution >= 4 is 11.9 Å². The van der Waals surface area contributed by atoms with Crippen LogP contribution in [0.15, 0.2) is 58.1 Å². The van der Waals surface area contributed by atoms with Crippen LogP contribution >= 0.6 is 0 Å². The van der Waals surface area contributed by atoms with Crippen molar-refractivity contribution in [2.24, 2.45) is 5.92 Å². The first kappa shape index (κ1) is 24.7. The Morgan fingerprint density at radius 2 is 1.81 bits per heavy atom. The average molecular weight is 431 g/mol. The zero-order valence-electron chi connectivity index (χ0n) is 18.9. The molecule has 0 radical (unpaired) electrons. The van der Waals surface area contributed by atoms with Gasteiger partial charge < -0.3 is 19.7 Å². The van der Waals surface area contributed by atoms with E-state index in [0.29, 0.717) is 12.0 Å². The number of carbonyl (C=O) groups excluding carboxylic acids is 2. The molecule has 6 heteroatoms. The molecule has 1 unspecified atom stereocenters. The molecule has 2 N–H and O–H groups in total. The monoisotopic (exact) mass is 430 g/mol. The Kier molecular flexibility index (Phi) is 9.31. The minimum atomic E-state index is -1.08. The van der Waals surface area contributed by atoms with Crippen LogP contribution in [0.1, 0.15) is 72.6 Å². The first-order valence-corrected chi connectivity index (χ1v) is 10.9. The highest BCUT2D eigenvalue weighted by atomic mass is 16.6. The summed E-state index contributed by atoms with van der Waals surface area (Å²) in [7, 11) is 0. The maximum absolute atomic E-state index is 11.5. The summed E-state index contributed by atoms with van der Waals surface area (Å²) in [6, 6.07) is 0. The number of ether oxygens (including phenoxy) is 2. The Bertz CT molecular complexity index is 840. The van der Waals surface area contributed by atoms with Crippen LogP contribution in [0, 0.1) is 5.92 Å². The minimum absolute atomic E-state index is 0.0526. The fraction of sp³-hybridized carbons (Fsp3) is 0.520. The number of esters is 2. The third-order valence-corrected chi connectivity index (χ3v) is 5.53. The summed E-state index contributed by atoms with van der Waals surface area (Å²) in [4.78, 5) is 22.9. The molecule has 170 valence electrons. The van der Waals surface area contributed by atoms with Crippen LogP contribution in [0.3, 0.4) is 0 Å². The van der Waals surface area contributed by atoms with Gasteiger partial charge in [-0.25, -0.2) is 9.59 Å². The fourth-order valence-electron chi connectivity index (χ4n) is 3.51. The van der Waals surface area contributed by atoms with Crippen molar-refractivity contribution in [3.8, 4) is 0 Å². The van der Waals surface area contributed by atoms with Gasteiger partial charge in [0.1, 0.15) is 0 Å². The first-order valence-electron chi connectivity index (χ1n) is 10.9. The van der Waals surface area contributed by atoms with Gasteiger partial charge in [-0.05, 0) is 83.8 Å². The van der Waals surface area contributed by atoms with Crippen LogP contribution in [0.2, 0.25) is 0 Å². The van der Waals surface area contributed by atoms with E-state index in [1.165, 1.54) is 17.2 Å². The van der Waals surface area contributed by atoms with E-state index < -0.39 is 18.2 Å². The molecule has 2 aliphatic heterocycles. The average Bonchev–Trinajstić information content (AvgIpc) is 3.14. The second kappa shape index (κ2) is 11.7. The second-order valence-electron chi connectivity index (χ2n) is 8.43. The number of cyclic esters (lactones) is 2. The van der Waals surface area contributed by atoms with E-state index in [1.54, 1.807) is 13.0 Å². The minimum Gasteiger partial charge on any atom is -0.504 e. The highest BCUT2D eigenvalue weighted by Gasteiger charge is 2.26. The topological polar surface area (TPSA) is 93.1 Å². The van der Waals surface area contributed by atoms with Gasteiger partial charge in [0, 0.05) is 5.57 Å². The van der Waals surface area contributed by atoms with Crippen molar-refractivity contribution in [2.75, 3.05) is 0 Å². The molecule has 0 aromatic heterocycles. The lowest BCUT2D eigenvalue weighted by molar-refractivity contribution is -0.151. The Hall–Kier alpha value is -2.60. The lowest BCUT2D eigenvalue weighted by Crippen LogP contribution is -2.06. The summed E-state index contributed by atoms with van der Waals surface area (Å²) >= 11 is 0. The van der Waals surface area contributed by atoms with Gasteiger partial charge in [0.2, 0.25) is 6.29 Å². The molecule has 6 nitrogen and oxygen atoms in total. The van der Waals surface area contributed by atoms with Gasteiger partial charge in [-0.1, -0.05) is 30.2 Å². The lowest BCUT2D eigenvalue weighted by Gasteiger charge is -2.07. The van der Waals surface area contributed by atoms with Crippen LogP contribution in [-0.2, 0) is 19.1 Å². The van der Waals surface area contributed by atoms with Gasteiger partial charge >= 0.3 is 11.9 Å². The molecule has 0 aromatic rings. The summed E-state index contributed by atoms with van der Waals surface area (Å²) < 4.78 is 9.75. The molecule has 0 fully saturated rings. The first-order chi connectivity index (χ1) is 14.7. The summed E-state index contributed by atoms with van der Waals surface area (Å²) in [5.74, 6) is -0.479. The van der Waals surface area contributed by atoms with E-state index >= 15 is 0 Å². The van der Waals surface area contributed by atoms with Crippen molar-refractivity contribution in [2.45, 2.75) is 78.9 Å². The molecule has 2 rings (SSSR count). The Labute approximate surface area is 184 Å². The normalized spacial score (nSPS) is 22.2. The molecule has 2 aliphatic rings. The number of hydrogen-bond donors (Lipinski definition) is 2. The highest BCUT2D eigenvalue weighted by molar-refractivity contribution is 5.93. The zero-order valence-corrected chi connectivity index (χ0v) is 18.9. The molecule has 0 amide bonds. The molecule has 0 aliphatic carbocycles. The summed E-state index contributed by atoms with van der Waals surface area (Å²) in [6.45, 7) is 7.83. The van der Waals surface area contributed by atoms with E-state index in [4.69, 9.17) is 4.74 Å². The molecule has 0 spiro atoms. The number of allylic oxidation sites excluding steroid dienone is 5. The smallest absolute Gasteiger partial charge is 0.343 e. The van der Waals surface area contributed by atoms with E-state index in [2.05, 4.69) is 30.7 Å². The van der Waals surface area contributed by atoms with Crippen molar-refractivity contribution in [3.05, 3.63) is 58.1 Å². The third kappa shape index (κ3) is 7.87. The molecular weight excluding hydrogens is 396 g/mol. The maximum atomic E-state index is 11.5. The molecule has 2 atom stereocenters. The van der Waals surface area contributed by atoms with Crippen LogP contribution in [-0.4, -0.2) is 28.4 Å². The van der Waals surface area contributed by atoms with E-state index in [1.807, 2.05) is 6.92 Å². The highest BCUT2D eigenvalue weighted by Crippen LogP contribution is 2.26. The van der Waals surface area contributed by atoms with Crippen LogP contribution in [0.25, 0.3) is 0 Å². The molecule has 2 heterocycles. The van der Waals surface area contributed by atoms with Crippen molar-refractivity contribution in [3.63, 3.8) is 0 Å². The predicted molar refractivity (Wildman–Crippen MR) is 119 cm³/mol. The zero-order chi connectivity index (χ0) is 23.0. The van der Waals surface area contributed by atoms with Gasteiger partial charge in [-0.15, -0.1) is 0 Å². The van der Waals surface area contributed by atoms with Crippen LogP contribution in [0.5, 0.6) is 0 Å². The number of rotatable bonds is 11. The van der Waals surface area contributed by atoms with Gasteiger partial charge in [-0.2, -0.15) is 0 Å². The predicted octanol–water partition coefficient (Wildman–Crippen LogP) is 5.32. The number of aliphatic hydroxyl groups excluding tert-OH is 2. The summed E-state index contributed by atoms with van der Waals surface area (Å²) in [5.41, 5.74) is 3.46. The Morgan fingerprint density at radius 1 is 1.13 bits per heavy atom. The second-order valence-corrected chi connectivity index (χ2v) is 8.43. The molecule has 0 aromatic carbocycles. The standard InChI is InChI=1S/C25H34O6/c1-16(10-6-12-18(3)14-21-23(27)19(4)24(28)30-21)8-5-9-17(2)11-7-13-20-15-22(26)31-25(20)29/h9-10,14-15,18,22,26-27H,5-8,11-13H2,1-4H3/b16-10+,17-9-,21-14-/t18-,22?/m1/s1. The lowest BCUT2D eigenvalue weighted by atomic mass is 10.0. The van der Waals surface area contributed by atoms with Gasteiger partial charge in [-0.3, -0.25) is 0 Å². The molecule has 0 saturated carbocycles. The van der Waals surface area contributed by atoms with Gasteiger partial charge in [0.15, 0.2) is 11.5 Å². The summed E-state index contributed by atoms with van der Waals surface area (Å²) in [6.07, 6.45) is 12.9. The third-order valence-electron chi connectivity index (χ3n) is 5.53. The fourth-order valence-corrected chi connectivity index (χ4v) is 3.51. The van der Waals surface area contributed by atoms with Crippen LogP contribution in [0.4, 0.5) is 0 Å². The molecule has 0 bridgehead atoms. The number of carbonyl (C=O) groups is 2. The van der Waals surface area contributed by atoms with Gasteiger partial charge in [0.25, 0.3) is 0 Å². The largest absolute Gasteiger partial charge is 0.504 e. The molecule has 0 saturated heterocycles. The van der Waals surface area contributed by atoms with Gasteiger partial charge in [0.05, 0.1) is 5.57 Å². The molecular formula is C25H34O6. The maximum Gasteiger partial charge on any atom is 0.343 e. The van der Waals surface area contributed by atoms with E-state index in [-0.39, 0.29) is 23.0 Å². The number of aliphatic hydroxyl groups is 2. The Balaban J connectivity index is 1.65. The van der Waals surface area contributed by atoms with Crippen molar-refractivity contribution < 1.29 is 29.3 Å². The SMILES string of the molecule is CC1=C(O)/C(=C/[C@H](C)CC/C=C(\C)CC/C=C(/C)CCCC2=CC(O)OC2=O)OC1=O. The van der Waals surface area contributed by atoms with E-state index in [9.17, 15) is 19.8 Å². The quantitative estimate of drug-likeness (QED) is 0.340. The Morgan fingerprint density at radius 3 is 2.42 bits per heavy atom. The summed E-state index contributed by atoms with van der Waals surface area (Å²) in [5, 5.41) is 19.1. The number of hydrogen-bond acceptors (Lipinski definition) is 6. The van der Waals surface area contributed by atoms with Crippen molar-refractivity contribution in [1.82, 2.24) is 0 Å². The molecule has 31 heavy (non-hydrogen) atoms.